The van der Waals surface area contributed by atoms with Gasteiger partial charge in [-0.25, -0.2) is 13.8 Å². The minimum atomic E-state index is -0.755. The molecule has 1 aromatic carbocycles. The smallest absolute Gasteiger partial charge is 0.228 e. The summed E-state index contributed by atoms with van der Waals surface area (Å²) in [5, 5.41) is 2.74. The van der Waals surface area contributed by atoms with E-state index in [2.05, 4.69) is 10.3 Å². The second-order valence-corrected chi connectivity index (χ2v) is 4.61. The molecular formula is C14H11ClF2N2O. The molecule has 6 heteroatoms. The molecule has 2 aromatic rings. The SMILES string of the molecule is Cc1ccnc(Cl)c1NC(=O)Cc1ccc(F)cc1F. The van der Waals surface area contributed by atoms with Crippen LogP contribution in [0.3, 0.4) is 0 Å². The molecule has 0 aliphatic heterocycles. The number of hydrogen-bond acceptors (Lipinski definition) is 2. The van der Waals surface area contributed by atoms with Crippen molar-refractivity contribution in [3.05, 3.63) is 58.4 Å². The third kappa shape index (κ3) is 3.30. The van der Waals surface area contributed by atoms with Crippen LogP contribution in [0.4, 0.5) is 14.5 Å². The fourth-order valence-electron chi connectivity index (χ4n) is 1.70. The third-order valence-corrected chi connectivity index (χ3v) is 3.03. The number of hydrogen-bond donors (Lipinski definition) is 1. The Morgan fingerprint density at radius 2 is 2.10 bits per heavy atom. The van der Waals surface area contributed by atoms with Gasteiger partial charge in [0.05, 0.1) is 12.1 Å². The van der Waals surface area contributed by atoms with Gasteiger partial charge >= 0.3 is 0 Å². The van der Waals surface area contributed by atoms with Crippen molar-refractivity contribution < 1.29 is 13.6 Å². The summed E-state index contributed by atoms with van der Waals surface area (Å²) in [6.45, 7) is 1.77. The van der Waals surface area contributed by atoms with Crippen molar-refractivity contribution in [1.29, 1.82) is 0 Å². The quantitative estimate of drug-likeness (QED) is 0.881. The van der Waals surface area contributed by atoms with E-state index in [0.717, 1.165) is 17.7 Å². The van der Waals surface area contributed by atoms with Crippen LogP contribution in [0.15, 0.2) is 30.5 Å². The van der Waals surface area contributed by atoms with Gasteiger partial charge in [-0.15, -0.1) is 0 Å². The molecule has 104 valence electrons. The van der Waals surface area contributed by atoms with E-state index < -0.39 is 17.5 Å². The molecule has 0 radical (unpaired) electrons. The Hall–Kier alpha value is -2.01. The highest BCUT2D eigenvalue weighted by Gasteiger charge is 2.12. The van der Waals surface area contributed by atoms with Crippen LogP contribution in [-0.4, -0.2) is 10.9 Å². The zero-order chi connectivity index (χ0) is 14.7. The summed E-state index contributed by atoms with van der Waals surface area (Å²) < 4.78 is 26.2. The molecule has 0 fully saturated rings. The summed E-state index contributed by atoms with van der Waals surface area (Å²) in [5.74, 6) is -1.89. The minimum Gasteiger partial charge on any atom is -0.323 e. The molecule has 0 aliphatic rings. The van der Waals surface area contributed by atoms with Crippen LogP contribution in [0.5, 0.6) is 0 Å². The van der Waals surface area contributed by atoms with Crippen molar-refractivity contribution >= 4 is 23.2 Å². The number of nitrogens with zero attached hydrogens (tertiary/aromatic N) is 1. The Morgan fingerprint density at radius 1 is 1.35 bits per heavy atom. The van der Waals surface area contributed by atoms with E-state index in [1.54, 1.807) is 13.0 Å². The second-order valence-electron chi connectivity index (χ2n) is 4.25. The molecule has 0 bridgehead atoms. The summed E-state index contributed by atoms with van der Waals surface area (Å²) in [6, 6.07) is 4.78. The lowest BCUT2D eigenvalue weighted by Crippen LogP contribution is -2.16. The van der Waals surface area contributed by atoms with E-state index >= 15 is 0 Å². The van der Waals surface area contributed by atoms with Crippen LogP contribution in [0, 0.1) is 18.6 Å². The summed E-state index contributed by atoms with van der Waals surface area (Å²) in [7, 11) is 0. The first-order valence-corrected chi connectivity index (χ1v) is 6.20. The van der Waals surface area contributed by atoms with Crippen molar-refractivity contribution in [2.75, 3.05) is 5.32 Å². The largest absolute Gasteiger partial charge is 0.323 e. The average Bonchev–Trinajstić information content (AvgIpc) is 2.37. The molecule has 0 aliphatic carbocycles. The van der Waals surface area contributed by atoms with Crippen LogP contribution in [-0.2, 0) is 11.2 Å². The molecule has 1 amide bonds. The van der Waals surface area contributed by atoms with E-state index in [0.29, 0.717) is 5.69 Å². The summed E-state index contributed by atoms with van der Waals surface area (Å²) >= 11 is 5.88. The summed E-state index contributed by atoms with van der Waals surface area (Å²) in [6.07, 6.45) is 1.31. The number of aromatic nitrogens is 1. The van der Waals surface area contributed by atoms with Crippen molar-refractivity contribution in [2.45, 2.75) is 13.3 Å². The third-order valence-electron chi connectivity index (χ3n) is 2.74. The van der Waals surface area contributed by atoms with Gasteiger partial charge in [-0.05, 0) is 30.2 Å². The Kier molecular flexibility index (Phi) is 4.29. The van der Waals surface area contributed by atoms with E-state index in [9.17, 15) is 13.6 Å². The Bertz CT molecular complexity index is 641. The molecule has 0 spiro atoms. The maximum Gasteiger partial charge on any atom is 0.228 e. The van der Waals surface area contributed by atoms with Crippen LogP contribution in [0.25, 0.3) is 0 Å². The highest BCUT2D eigenvalue weighted by molar-refractivity contribution is 6.32. The lowest BCUT2D eigenvalue weighted by atomic mass is 10.1. The molecule has 1 N–H and O–H groups in total. The zero-order valence-corrected chi connectivity index (χ0v) is 11.3. The predicted molar refractivity (Wildman–Crippen MR) is 72.7 cm³/mol. The van der Waals surface area contributed by atoms with Crippen molar-refractivity contribution in [3.8, 4) is 0 Å². The number of rotatable bonds is 3. The monoisotopic (exact) mass is 296 g/mol. The van der Waals surface area contributed by atoms with E-state index in [4.69, 9.17) is 11.6 Å². The highest BCUT2D eigenvalue weighted by atomic mass is 35.5. The lowest BCUT2D eigenvalue weighted by molar-refractivity contribution is -0.115. The van der Waals surface area contributed by atoms with Gasteiger partial charge < -0.3 is 5.32 Å². The Labute approximate surface area is 119 Å². The number of amides is 1. The number of nitrogens with one attached hydrogen (secondary N) is 1. The van der Waals surface area contributed by atoms with Gasteiger partial charge in [-0.1, -0.05) is 17.7 Å². The van der Waals surface area contributed by atoms with Crippen LogP contribution < -0.4 is 5.32 Å². The van der Waals surface area contributed by atoms with Gasteiger partial charge in [0.25, 0.3) is 0 Å². The number of anilines is 1. The van der Waals surface area contributed by atoms with Gasteiger partial charge in [0.15, 0.2) is 5.15 Å². The lowest BCUT2D eigenvalue weighted by Gasteiger charge is -2.09. The van der Waals surface area contributed by atoms with Gasteiger partial charge in [0, 0.05) is 12.3 Å². The number of pyridine rings is 1. The standard InChI is InChI=1S/C14H11ClF2N2O/c1-8-4-5-18-14(15)13(8)19-12(20)6-9-2-3-10(16)7-11(9)17/h2-5,7H,6H2,1H3,(H,19,20). The molecule has 0 saturated carbocycles. The van der Waals surface area contributed by atoms with Gasteiger partial charge in [-0.3, -0.25) is 4.79 Å². The van der Waals surface area contributed by atoms with Crippen molar-refractivity contribution in [1.82, 2.24) is 4.98 Å². The summed E-state index contributed by atoms with van der Waals surface area (Å²) in [5.41, 5.74) is 1.25. The number of benzene rings is 1. The number of carbonyl (C=O) groups is 1. The van der Waals surface area contributed by atoms with Crippen molar-refractivity contribution in [3.63, 3.8) is 0 Å². The average molecular weight is 297 g/mol. The molecule has 0 saturated heterocycles. The topological polar surface area (TPSA) is 42.0 Å². The maximum absolute atomic E-state index is 13.4. The van der Waals surface area contributed by atoms with E-state index in [-0.39, 0.29) is 17.1 Å². The first-order valence-electron chi connectivity index (χ1n) is 5.82. The molecule has 1 heterocycles. The van der Waals surface area contributed by atoms with Crippen LogP contribution in [0.1, 0.15) is 11.1 Å². The van der Waals surface area contributed by atoms with Gasteiger partial charge in [0.1, 0.15) is 11.6 Å². The Morgan fingerprint density at radius 3 is 2.75 bits per heavy atom. The summed E-state index contributed by atoms with van der Waals surface area (Å²) in [4.78, 5) is 15.7. The number of halogens is 3. The molecule has 2 rings (SSSR count). The fraction of sp³-hybridized carbons (Fsp3) is 0.143. The number of carbonyl (C=O) groups excluding carboxylic acids is 1. The zero-order valence-electron chi connectivity index (χ0n) is 10.6. The predicted octanol–water partition coefficient (Wildman–Crippen LogP) is 3.50. The van der Waals surface area contributed by atoms with E-state index in [1.165, 1.54) is 12.3 Å². The minimum absolute atomic E-state index is 0.113. The molecule has 1 aromatic heterocycles. The molecular weight excluding hydrogens is 286 g/mol. The first-order chi connectivity index (χ1) is 9.47. The normalized spacial score (nSPS) is 10.4. The number of aryl methyl sites for hydroxylation is 1. The molecule has 20 heavy (non-hydrogen) atoms. The van der Waals surface area contributed by atoms with Crippen LogP contribution in [0.2, 0.25) is 5.15 Å². The fourth-order valence-corrected chi connectivity index (χ4v) is 1.95. The molecule has 0 atom stereocenters. The maximum atomic E-state index is 13.4. The van der Waals surface area contributed by atoms with Gasteiger partial charge in [-0.2, -0.15) is 0 Å². The second kappa shape index (κ2) is 5.96. The van der Waals surface area contributed by atoms with Gasteiger partial charge in [0.2, 0.25) is 5.91 Å². The highest BCUT2D eigenvalue weighted by Crippen LogP contribution is 2.23. The van der Waals surface area contributed by atoms with Crippen molar-refractivity contribution in [2.24, 2.45) is 0 Å². The van der Waals surface area contributed by atoms with E-state index in [1.807, 2.05) is 0 Å². The molecule has 0 unspecified atom stereocenters. The molecule has 3 nitrogen and oxygen atoms in total. The van der Waals surface area contributed by atoms with Crippen LogP contribution >= 0.6 is 11.6 Å². The Balaban J connectivity index is 2.13. The first kappa shape index (κ1) is 14.4.